The Morgan fingerprint density at radius 3 is 2.82 bits per heavy atom. The van der Waals surface area contributed by atoms with E-state index in [2.05, 4.69) is 20.2 Å². The first kappa shape index (κ1) is 18.6. The van der Waals surface area contributed by atoms with Crippen molar-refractivity contribution in [3.05, 3.63) is 59.2 Å². The van der Waals surface area contributed by atoms with E-state index in [9.17, 15) is 0 Å². The summed E-state index contributed by atoms with van der Waals surface area (Å²) in [4.78, 5) is 9.06. The third kappa shape index (κ3) is 3.63. The quantitative estimate of drug-likeness (QED) is 0.450. The maximum Gasteiger partial charge on any atom is 0.209 e. The molecule has 2 heterocycles. The smallest absolute Gasteiger partial charge is 0.209 e. The predicted octanol–water partition coefficient (Wildman–Crippen LogP) is 4.98. The van der Waals surface area contributed by atoms with Crippen molar-refractivity contribution in [1.29, 1.82) is 0 Å². The van der Waals surface area contributed by atoms with Crippen LogP contribution in [-0.2, 0) is 5.75 Å². The van der Waals surface area contributed by atoms with E-state index in [1.54, 1.807) is 20.4 Å². The molecule has 0 bridgehead atoms. The number of nitrogens with one attached hydrogen (secondary N) is 1. The number of pyridine rings is 1. The molecule has 1 N–H and O–H groups in total. The van der Waals surface area contributed by atoms with Gasteiger partial charge < -0.3 is 9.47 Å². The van der Waals surface area contributed by atoms with Crippen molar-refractivity contribution in [2.24, 2.45) is 0 Å². The van der Waals surface area contributed by atoms with Gasteiger partial charge in [0.15, 0.2) is 5.82 Å². The number of hydrogen-bond donors (Lipinski definition) is 1. The summed E-state index contributed by atoms with van der Waals surface area (Å²) in [6.45, 7) is 0. The number of thioether (sulfide) groups is 1. The van der Waals surface area contributed by atoms with Gasteiger partial charge in [0.1, 0.15) is 11.5 Å². The molecule has 28 heavy (non-hydrogen) atoms. The first-order chi connectivity index (χ1) is 13.7. The van der Waals surface area contributed by atoms with Gasteiger partial charge in [0, 0.05) is 28.4 Å². The number of benzene rings is 2. The number of methoxy groups -OCH3 is 2. The van der Waals surface area contributed by atoms with Crippen molar-refractivity contribution < 1.29 is 9.47 Å². The van der Waals surface area contributed by atoms with Crippen molar-refractivity contribution in [1.82, 2.24) is 20.2 Å². The molecule has 2 aromatic heterocycles. The Balaban J connectivity index is 1.56. The summed E-state index contributed by atoms with van der Waals surface area (Å²) in [5.41, 5.74) is 2.80. The lowest BCUT2D eigenvalue weighted by molar-refractivity contribution is 0.395. The topological polar surface area (TPSA) is 72.9 Å². The van der Waals surface area contributed by atoms with Gasteiger partial charge in [0.25, 0.3) is 0 Å². The Morgan fingerprint density at radius 2 is 2.00 bits per heavy atom. The lowest BCUT2D eigenvalue weighted by Crippen LogP contribution is -1.91. The predicted molar refractivity (Wildman–Crippen MR) is 111 cm³/mol. The van der Waals surface area contributed by atoms with Gasteiger partial charge >= 0.3 is 0 Å². The monoisotopic (exact) mass is 412 g/mol. The third-order valence-electron chi connectivity index (χ3n) is 4.29. The molecule has 0 saturated carbocycles. The minimum absolute atomic E-state index is 0.640. The van der Waals surface area contributed by atoms with Gasteiger partial charge in [-0.25, -0.2) is 4.98 Å². The highest BCUT2D eigenvalue weighted by atomic mass is 35.5. The van der Waals surface area contributed by atoms with Gasteiger partial charge in [-0.2, -0.15) is 0 Å². The lowest BCUT2D eigenvalue weighted by atomic mass is 10.1. The SMILES string of the molecule is COc1ccc(-c2nc(SCc3ccc(Cl)c4cccnc34)n[nH]2)c(OC)c1. The Labute approximate surface area is 171 Å². The highest BCUT2D eigenvalue weighted by molar-refractivity contribution is 7.98. The zero-order valence-electron chi connectivity index (χ0n) is 15.3. The molecule has 8 heteroatoms. The van der Waals surface area contributed by atoms with Crippen molar-refractivity contribution >= 4 is 34.3 Å². The zero-order valence-corrected chi connectivity index (χ0v) is 16.8. The van der Waals surface area contributed by atoms with E-state index in [0.29, 0.717) is 27.5 Å². The summed E-state index contributed by atoms with van der Waals surface area (Å²) in [5.74, 6) is 2.71. The molecule has 0 amide bonds. The highest BCUT2D eigenvalue weighted by Crippen LogP contribution is 2.33. The van der Waals surface area contributed by atoms with E-state index >= 15 is 0 Å². The zero-order chi connectivity index (χ0) is 19.5. The minimum atomic E-state index is 0.640. The van der Waals surface area contributed by atoms with Gasteiger partial charge in [-0.05, 0) is 35.9 Å². The van der Waals surface area contributed by atoms with Crippen LogP contribution in [-0.4, -0.2) is 34.4 Å². The average Bonchev–Trinajstić information content (AvgIpc) is 3.22. The molecule has 2 aromatic carbocycles. The van der Waals surface area contributed by atoms with Crippen LogP contribution in [0.5, 0.6) is 11.5 Å². The molecule has 0 unspecified atom stereocenters. The van der Waals surface area contributed by atoms with Crippen LogP contribution in [0.3, 0.4) is 0 Å². The van der Waals surface area contributed by atoms with Crippen LogP contribution >= 0.6 is 23.4 Å². The van der Waals surface area contributed by atoms with Crippen LogP contribution in [0.1, 0.15) is 5.56 Å². The van der Waals surface area contributed by atoms with E-state index in [0.717, 1.165) is 27.8 Å². The van der Waals surface area contributed by atoms with Crippen LogP contribution in [0, 0.1) is 0 Å². The maximum atomic E-state index is 6.27. The Kier molecular flexibility index (Phi) is 5.36. The molecular weight excluding hydrogens is 396 g/mol. The Bertz CT molecular complexity index is 1130. The summed E-state index contributed by atoms with van der Waals surface area (Å²) in [6, 6.07) is 13.3. The van der Waals surface area contributed by atoms with Crippen LogP contribution in [0.4, 0.5) is 0 Å². The number of ether oxygens (including phenoxy) is 2. The van der Waals surface area contributed by atoms with Crippen LogP contribution in [0.15, 0.2) is 53.8 Å². The molecule has 0 fully saturated rings. The van der Waals surface area contributed by atoms with Crippen molar-refractivity contribution in [2.45, 2.75) is 10.9 Å². The first-order valence-corrected chi connectivity index (χ1v) is 9.85. The van der Waals surface area contributed by atoms with E-state index in [1.807, 2.05) is 42.5 Å². The summed E-state index contributed by atoms with van der Waals surface area (Å²) in [5, 5.41) is 9.58. The molecule has 142 valence electrons. The summed E-state index contributed by atoms with van der Waals surface area (Å²) in [6.07, 6.45) is 1.77. The fraction of sp³-hybridized carbons (Fsp3) is 0.150. The summed E-state index contributed by atoms with van der Waals surface area (Å²) < 4.78 is 10.7. The number of hydrogen-bond acceptors (Lipinski definition) is 6. The minimum Gasteiger partial charge on any atom is -0.497 e. The van der Waals surface area contributed by atoms with E-state index in [4.69, 9.17) is 21.1 Å². The molecule has 0 spiro atoms. The van der Waals surface area contributed by atoms with Gasteiger partial charge in [0.2, 0.25) is 5.16 Å². The number of H-pyrrole nitrogens is 1. The van der Waals surface area contributed by atoms with Gasteiger partial charge in [-0.1, -0.05) is 29.4 Å². The van der Waals surface area contributed by atoms with Gasteiger partial charge in [0.05, 0.1) is 25.3 Å². The molecule has 4 aromatic rings. The fourth-order valence-electron chi connectivity index (χ4n) is 2.88. The van der Waals surface area contributed by atoms with Crippen molar-refractivity contribution in [3.63, 3.8) is 0 Å². The molecule has 0 aliphatic carbocycles. The molecule has 0 aliphatic heterocycles. The second-order valence-electron chi connectivity index (χ2n) is 5.93. The second kappa shape index (κ2) is 8.08. The maximum absolute atomic E-state index is 6.27. The van der Waals surface area contributed by atoms with E-state index in [-0.39, 0.29) is 0 Å². The van der Waals surface area contributed by atoms with Crippen LogP contribution in [0.2, 0.25) is 5.02 Å². The normalized spacial score (nSPS) is 11.0. The van der Waals surface area contributed by atoms with E-state index in [1.165, 1.54) is 11.8 Å². The standard InChI is InChI=1S/C20H17ClN4O2S/c1-26-13-6-7-15(17(10-13)27-2)19-23-20(25-24-19)28-11-12-5-8-16(21)14-4-3-9-22-18(12)14/h3-10H,11H2,1-2H3,(H,23,24,25). The molecule has 6 nitrogen and oxygen atoms in total. The summed E-state index contributed by atoms with van der Waals surface area (Å²) in [7, 11) is 3.23. The van der Waals surface area contributed by atoms with Gasteiger partial charge in [-0.15, -0.1) is 5.10 Å². The number of halogens is 1. The molecule has 0 aliphatic rings. The number of aromatic amines is 1. The molecule has 0 radical (unpaired) electrons. The molecule has 0 saturated heterocycles. The number of rotatable bonds is 6. The van der Waals surface area contributed by atoms with Crippen LogP contribution in [0.25, 0.3) is 22.3 Å². The van der Waals surface area contributed by atoms with E-state index < -0.39 is 0 Å². The second-order valence-corrected chi connectivity index (χ2v) is 7.28. The van der Waals surface area contributed by atoms with Crippen molar-refractivity contribution in [3.8, 4) is 22.9 Å². The average molecular weight is 413 g/mol. The largest absolute Gasteiger partial charge is 0.497 e. The molecular formula is C20H17ClN4O2S. The number of nitrogens with zero attached hydrogens (tertiary/aromatic N) is 3. The first-order valence-electron chi connectivity index (χ1n) is 8.49. The fourth-order valence-corrected chi connectivity index (χ4v) is 3.88. The van der Waals surface area contributed by atoms with Crippen molar-refractivity contribution in [2.75, 3.05) is 14.2 Å². The molecule has 4 rings (SSSR count). The van der Waals surface area contributed by atoms with Gasteiger partial charge in [-0.3, -0.25) is 10.1 Å². The molecule has 0 atom stereocenters. The van der Waals surface area contributed by atoms with Crippen LogP contribution < -0.4 is 9.47 Å². The Morgan fingerprint density at radius 1 is 1.11 bits per heavy atom. The highest BCUT2D eigenvalue weighted by Gasteiger charge is 2.13. The number of aromatic nitrogens is 4. The Hall–Kier alpha value is -2.77. The lowest BCUT2D eigenvalue weighted by Gasteiger charge is -2.07. The number of fused-ring (bicyclic) bond motifs is 1. The third-order valence-corrected chi connectivity index (χ3v) is 5.51. The summed E-state index contributed by atoms with van der Waals surface area (Å²) >= 11 is 7.80.